The molecule has 0 bridgehead atoms. The number of esters is 1. The van der Waals surface area contributed by atoms with Gasteiger partial charge in [-0.1, -0.05) is 45.1 Å². The minimum Gasteiger partial charge on any atom is -0.457 e. The number of alkyl halides is 1. The number of nitrogens with zero attached hydrogens (tertiary/aromatic N) is 3. The lowest BCUT2D eigenvalue weighted by Gasteiger charge is -2.33. The molecule has 3 aliphatic heterocycles. The molecule has 3 rings (SSSR count). The van der Waals surface area contributed by atoms with Crippen LogP contribution in [0.25, 0.3) is 0 Å². The Hall–Kier alpha value is -2.92. The van der Waals surface area contributed by atoms with Gasteiger partial charge in [0, 0.05) is 44.6 Å². The molecule has 0 radical (unpaired) electrons. The molecule has 3 heterocycles. The lowest BCUT2D eigenvalue weighted by Crippen LogP contribution is -2.48. The molecule has 0 aliphatic carbocycles. The maximum absolute atomic E-state index is 13.1. The summed E-state index contributed by atoms with van der Waals surface area (Å²) in [7, 11) is 2.03. The molecule has 0 aromatic carbocycles. The third kappa shape index (κ3) is 10.9. The highest BCUT2D eigenvalue weighted by molar-refractivity contribution is 5.70. The number of hydrogen-bond acceptors (Lipinski definition) is 8. The average Bonchev–Trinajstić information content (AvgIpc) is 3.48. The monoisotopic (exact) mass is 621 g/mol. The van der Waals surface area contributed by atoms with E-state index in [2.05, 4.69) is 4.90 Å². The van der Waals surface area contributed by atoms with Crippen molar-refractivity contribution in [3.63, 3.8) is 0 Å². The first-order valence-electron chi connectivity index (χ1n) is 16.0. The van der Waals surface area contributed by atoms with E-state index in [4.69, 9.17) is 14.2 Å². The maximum atomic E-state index is 13.1. The van der Waals surface area contributed by atoms with Crippen LogP contribution in [0.3, 0.4) is 0 Å². The van der Waals surface area contributed by atoms with E-state index in [1.165, 1.54) is 4.90 Å². The number of ether oxygens (including phenoxy) is 3. The van der Waals surface area contributed by atoms with Gasteiger partial charge in [0.05, 0.1) is 25.2 Å². The summed E-state index contributed by atoms with van der Waals surface area (Å²) in [5.74, 6) is -0.848. The van der Waals surface area contributed by atoms with Gasteiger partial charge < -0.3 is 34.0 Å². The Morgan fingerprint density at radius 3 is 2.55 bits per heavy atom. The molecule has 2 fully saturated rings. The Morgan fingerprint density at radius 2 is 1.84 bits per heavy atom. The predicted molar refractivity (Wildman–Crippen MR) is 166 cm³/mol. The fourth-order valence-electron chi connectivity index (χ4n) is 5.70. The molecule has 0 saturated carbocycles. The molecule has 0 spiro atoms. The fourth-order valence-corrected chi connectivity index (χ4v) is 5.70. The lowest BCUT2D eigenvalue weighted by atomic mass is 9.92. The Kier molecular flexibility index (Phi) is 14.2. The number of cyclic esters (lactones) is 1. The average molecular weight is 622 g/mol. The number of carbonyl (C=O) groups excluding carboxylic acids is 3. The highest BCUT2D eigenvalue weighted by Gasteiger charge is 2.31. The maximum Gasteiger partial charge on any atom is 0.410 e. The van der Waals surface area contributed by atoms with Crippen LogP contribution in [0.2, 0.25) is 0 Å². The van der Waals surface area contributed by atoms with Crippen LogP contribution in [0.4, 0.5) is 14.0 Å². The Morgan fingerprint density at radius 1 is 1.11 bits per heavy atom. The zero-order valence-electron chi connectivity index (χ0n) is 27.0. The summed E-state index contributed by atoms with van der Waals surface area (Å²) in [4.78, 5) is 43.4. The molecule has 0 aromatic heterocycles. The lowest BCUT2D eigenvalue weighted by molar-refractivity contribution is -0.151. The van der Waals surface area contributed by atoms with Crippen molar-refractivity contribution in [2.45, 2.75) is 84.2 Å². The van der Waals surface area contributed by atoms with Gasteiger partial charge in [-0.15, -0.1) is 0 Å². The summed E-state index contributed by atoms with van der Waals surface area (Å²) < 4.78 is 30.4. The molecule has 10 nitrogen and oxygen atoms in total. The highest BCUT2D eigenvalue weighted by Crippen LogP contribution is 2.25. The molecule has 0 unspecified atom stereocenters. The first-order valence-corrected chi connectivity index (χ1v) is 16.0. The first-order chi connectivity index (χ1) is 21.0. The molecule has 2 saturated heterocycles. The summed E-state index contributed by atoms with van der Waals surface area (Å²) in [6.07, 6.45) is 8.94. The van der Waals surface area contributed by atoms with Gasteiger partial charge in [-0.3, -0.25) is 4.79 Å². The number of likely N-dealkylation sites (tertiary alicyclic amines) is 1. The number of rotatable bonds is 7. The van der Waals surface area contributed by atoms with E-state index in [1.807, 2.05) is 65.1 Å². The van der Waals surface area contributed by atoms with Crippen LogP contribution in [0.1, 0.15) is 59.8 Å². The van der Waals surface area contributed by atoms with Crippen LogP contribution in [-0.2, 0) is 19.0 Å². The fraction of sp³-hybridized carbons (Fsp3) is 0.727. The molecule has 2 amide bonds. The number of hydrogen-bond donors (Lipinski definition) is 1. The number of piperazine rings is 1. The van der Waals surface area contributed by atoms with Gasteiger partial charge in [0.15, 0.2) is 0 Å². The molecule has 44 heavy (non-hydrogen) atoms. The standard InChI is InChI=1S/C33H52FN3O7/c1-23(22-42-33(41)37-15-7-10-27(37)21-34)8-6-9-25(3)31-26(4)12-14-29(24(2)11-13-28(38)20-30(39)44-31)43-32(40)36-18-16-35(5)17-19-36/h6,8-9,12,14,23-24,26-29,31,38H,7,10-11,13,15-22H2,1-5H3/b8-6+,14-12+,25-9+/t23-,24-,26+,27-,28+,29+,31-/m1/s1. The minimum absolute atomic E-state index is 0.0538. The van der Waals surface area contributed by atoms with Crippen LogP contribution in [0.15, 0.2) is 36.0 Å². The first kappa shape index (κ1) is 35.6. The van der Waals surface area contributed by atoms with Crippen molar-refractivity contribution in [1.82, 2.24) is 14.7 Å². The zero-order valence-corrected chi connectivity index (χ0v) is 27.0. The molecule has 3 aliphatic rings. The Balaban J connectivity index is 1.66. The van der Waals surface area contributed by atoms with E-state index in [-0.39, 0.29) is 36.9 Å². The molecule has 0 aromatic rings. The van der Waals surface area contributed by atoms with Gasteiger partial charge in [-0.2, -0.15) is 0 Å². The third-order valence-electron chi connectivity index (χ3n) is 8.76. The smallest absolute Gasteiger partial charge is 0.410 e. The van der Waals surface area contributed by atoms with Crippen molar-refractivity contribution in [3.8, 4) is 0 Å². The van der Waals surface area contributed by atoms with Gasteiger partial charge in [-0.25, -0.2) is 14.0 Å². The summed E-state index contributed by atoms with van der Waals surface area (Å²) in [5.41, 5.74) is 0.796. The van der Waals surface area contributed by atoms with Crippen molar-refractivity contribution >= 4 is 18.2 Å². The van der Waals surface area contributed by atoms with Crippen molar-refractivity contribution in [3.05, 3.63) is 36.0 Å². The number of aliphatic hydroxyl groups is 1. The number of amides is 2. The topological polar surface area (TPSA) is 109 Å². The SMILES string of the molecule is C/C(=C\C=C\[C@@H](C)COC(=O)N1CCC[C@@H]1CF)[C@H]1OC(=O)C[C@@H](O)CC[C@@H](C)[C@@H](OC(=O)N2CCN(C)CC2)/C=C/[C@@H]1C. The van der Waals surface area contributed by atoms with E-state index >= 15 is 0 Å². The van der Waals surface area contributed by atoms with E-state index in [9.17, 15) is 23.9 Å². The molecule has 248 valence electrons. The van der Waals surface area contributed by atoms with Gasteiger partial charge >= 0.3 is 18.2 Å². The highest BCUT2D eigenvalue weighted by atomic mass is 19.1. The summed E-state index contributed by atoms with van der Waals surface area (Å²) in [6.45, 7) is 10.7. The second-order valence-electron chi connectivity index (χ2n) is 12.7. The van der Waals surface area contributed by atoms with E-state index in [0.717, 1.165) is 25.1 Å². The molecular weight excluding hydrogens is 569 g/mol. The molecular formula is C33H52FN3O7. The van der Waals surface area contributed by atoms with Gasteiger partial charge in [0.2, 0.25) is 0 Å². The van der Waals surface area contributed by atoms with E-state index < -0.39 is 43.1 Å². The van der Waals surface area contributed by atoms with Gasteiger partial charge in [0.1, 0.15) is 18.9 Å². The molecule has 1 N–H and O–H groups in total. The van der Waals surface area contributed by atoms with Gasteiger partial charge in [0.25, 0.3) is 0 Å². The third-order valence-corrected chi connectivity index (χ3v) is 8.76. The minimum atomic E-state index is -0.855. The Labute approximate surface area is 261 Å². The normalized spacial score (nSPS) is 31.2. The van der Waals surface area contributed by atoms with Crippen molar-refractivity contribution in [2.24, 2.45) is 17.8 Å². The van der Waals surface area contributed by atoms with Crippen LogP contribution >= 0.6 is 0 Å². The second-order valence-corrected chi connectivity index (χ2v) is 12.7. The Bertz CT molecular complexity index is 1040. The summed E-state index contributed by atoms with van der Waals surface area (Å²) in [5, 5.41) is 10.5. The predicted octanol–water partition coefficient (Wildman–Crippen LogP) is 4.73. The van der Waals surface area contributed by atoms with Crippen molar-refractivity contribution in [1.29, 1.82) is 0 Å². The van der Waals surface area contributed by atoms with Crippen molar-refractivity contribution < 1.29 is 38.1 Å². The molecule has 7 atom stereocenters. The number of carbonyl (C=O) groups is 3. The number of aliphatic hydroxyl groups excluding tert-OH is 1. The van der Waals surface area contributed by atoms with Crippen LogP contribution in [0, 0.1) is 17.8 Å². The van der Waals surface area contributed by atoms with Gasteiger partial charge in [-0.05, 0) is 57.2 Å². The molecule has 11 heteroatoms. The summed E-state index contributed by atoms with van der Waals surface area (Å²) >= 11 is 0. The second kappa shape index (κ2) is 17.5. The van der Waals surface area contributed by atoms with E-state index in [1.54, 1.807) is 4.90 Å². The van der Waals surface area contributed by atoms with Crippen LogP contribution in [0.5, 0.6) is 0 Å². The number of halogens is 1. The largest absolute Gasteiger partial charge is 0.457 e. The summed E-state index contributed by atoms with van der Waals surface area (Å²) in [6, 6.07) is -0.396. The van der Waals surface area contributed by atoms with Crippen molar-refractivity contribution in [2.75, 3.05) is 53.1 Å². The van der Waals surface area contributed by atoms with Crippen LogP contribution < -0.4 is 0 Å². The quantitative estimate of drug-likeness (QED) is 0.188. The number of allylic oxidation sites excluding steroid dienone is 2. The van der Waals surface area contributed by atoms with E-state index in [0.29, 0.717) is 38.9 Å². The zero-order chi connectivity index (χ0) is 32.2. The number of likely N-dealkylation sites (N-methyl/N-ethyl adjacent to an activating group) is 1. The van der Waals surface area contributed by atoms with Crippen LogP contribution in [-0.4, -0.2) is 115 Å².